The Hall–Kier alpha value is -2.67. The van der Waals surface area contributed by atoms with Crippen LogP contribution in [0.4, 0.5) is 0 Å². The first-order valence-electron chi connectivity index (χ1n) is 7.79. The second-order valence-electron chi connectivity index (χ2n) is 5.50. The topological polar surface area (TPSA) is 83.0 Å². The van der Waals surface area contributed by atoms with Crippen molar-refractivity contribution in [2.75, 3.05) is 6.61 Å². The number of ether oxygens (including phenoxy) is 1. The summed E-state index contributed by atoms with van der Waals surface area (Å²) in [4.78, 5) is 16.2. The molecule has 8 heteroatoms. The molecule has 0 radical (unpaired) electrons. The molecule has 0 amide bonds. The van der Waals surface area contributed by atoms with Crippen LogP contribution in [0.25, 0.3) is 23.0 Å². The van der Waals surface area contributed by atoms with Gasteiger partial charge in [-0.25, -0.2) is 4.68 Å². The van der Waals surface area contributed by atoms with Crippen LogP contribution in [-0.2, 0) is 16.1 Å². The number of aromatic nitrogens is 4. The van der Waals surface area contributed by atoms with Gasteiger partial charge in [0.05, 0.1) is 17.3 Å². The number of aryl methyl sites for hydroxylation is 2. The molecular weight excluding hydrogens is 344 g/mol. The van der Waals surface area contributed by atoms with Crippen LogP contribution in [0.1, 0.15) is 18.2 Å². The standard InChI is InChI=1S/C17H17ClN4O3/c1-4-24-13(23)9-22-15(14(18)11(3)20-22)17-19-16(21-25-17)12-7-5-6-10(2)8-12/h5-8H,4,9H2,1-3H3. The summed E-state index contributed by atoms with van der Waals surface area (Å²) in [6, 6.07) is 7.75. The number of carbonyl (C=O) groups is 1. The van der Waals surface area contributed by atoms with Gasteiger partial charge in [0.25, 0.3) is 5.89 Å². The molecule has 0 spiro atoms. The summed E-state index contributed by atoms with van der Waals surface area (Å²) in [5, 5.41) is 8.63. The molecule has 0 saturated heterocycles. The summed E-state index contributed by atoms with van der Waals surface area (Å²) < 4.78 is 11.7. The van der Waals surface area contributed by atoms with Gasteiger partial charge < -0.3 is 9.26 Å². The van der Waals surface area contributed by atoms with Gasteiger partial charge in [-0.1, -0.05) is 40.5 Å². The molecule has 0 unspecified atom stereocenters. The van der Waals surface area contributed by atoms with Crippen LogP contribution >= 0.6 is 11.6 Å². The molecule has 2 heterocycles. The second-order valence-corrected chi connectivity index (χ2v) is 5.88. The predicted octanol–water partition coefficient (Wildman–Crippen LogP) is 3.43. The third kappa shape index (κ3) is 3.56. The highest BCUT2D eigenvalue weighted by molar-refractivity contribution is 6.33. The van der Waals surface area contributed by atoms with Crippen LogP contribution in [0.5, 0.6) is 0 Å². The fraction of sp³-hybridized carbons (Fsp3) is 0.294. The number of carbonyl (C=O) groups excluding carboxylic acids is 1. The molecule has 2 aromatic heterocycles. The number of hydrogen-bond acceptors (Lipinski definition) is 6. The molecule has 3 aromatic rings. The minimum absolute atomic E-state index is 0.0844. The maximum absolute atomic E-state index is 11.8. The van der Waals surface area contributed by atoms with Gasteiger partial charge in [-0.3, -0.25) is 4.79 Å². The lowest BCUT2D eigenvalue weighted by Crippen LogP contribution is -2.15. The van der Waals surface area contributed by atoms with Gasteiger partial charge in [0.2, 0.25) is 5.82 Å². The number of rotatable bonds is 5. The molecule has 0 aliphatic rings. The quantitative estimate of drug-likeness (QED) is 0.648. The van der Waals surface area contributed by atoms with Gasteiger partial charge in [-0.05, 0) is 26.8 Å². The number of esters is 1. The minimum atomic E-state index is -0.415. The summed E-state index contributed by atoms with van der Waals surface area (Å²) in [7, 11) is 0. The Morgan fingerprint density at radius 2 is 2.16 bits per heavy atom. The normalized spacial score (nSPS) is 10.9. The Morgan fingerprint density at radius 3 is 2.88 bits per heavy atom. The molecule has 0 saturated carbocycles. The smallest absolute Gasteiger partial charge is 0.327 e. The van der Waals surface area contributed by atoms with E-state index in [9.17, 15) is 4.79 Å². The first kappa shape index (κ1) is 17.2. The first-order chi connectivity index (χ1) is 12.0. The van der Waals surface area contributed by atoms with Crippen molar-refractivity contribution in [1.29, 1.82) is 0 Å². The first-order valence-corrected chi connectivity index (χ1v) is 8.17. The predicted molar refractivity (Wildman–Crippen MR) is 92.1 cm³/mol. The zero-order valence-corrected chi connectivity index (χ0v) is 14.9. The Morgan fingerprint density at radius 1 is 1.36 bits per heavy atom. The van der Waals surface area contributed by atoms with Crippen LogP contribution in [-0.4, -0.2) is 32.5 Å². The van der Waals surface area contributed by atoms with E-state index in [0.29, 0.717) is 28.8 Å². The Labute approximate surface area is 149 Å². The third-order valence-corrected chi connectivity index (χ3v) is 4.00. The van der Waals surface area contributed by atoms with Gasteiger partial charge in [0.15, 0.2) is 0 Å². The van der Waals surface area contributed by atoms with Crippen LogP contribution in [0.15, 0.2) is 28.8 Å². The monoisotopic (exact) mass is 360 g/mol. The van der Waals surface area contributed by atoms with E-state index >= 15 is 0 Å². The second kappa shape index (κ2) is 7.06. The molecule has 0 aliphatic heterocycles. The van der Waals surface area contributed by atoms with Crippen molar-refractivity contribution >= 4 is 17.6 Å². The van der Waals surface area contributed by atoms with Crippen LogP contribution in [0.3, 0.4) is 0 Å². The van der Waals surface area contributed by atoms with E-state index in [1.165, 1.54) is 4.68 Å². The molecule has 0 bridgehead atoms. The lowest BCUT2D eigenvalue weighted by atomic mass is 10.1. The third-order valence-electron chi connectivity index (χ3n) is 3.54. The zero-order valence-electron chi connectivity index (χ0n) is 14.1. The van der Waals surface area contributed by atoms with E-state index in [-0.39, 0.29) is 12.4 Å². The van der Waals surface area contributed by atoms with Crippen molar-refractivity contribution in [3.8, 4) is 23.0 Å². The van der Waals surface area contributed by atoms with Crippen LogP contribution in [0, 0.1) is 13.8 Å². The van der Waals surface area contributed by atoms with Crippen molar-refractivity contribution < 1.29 is 14.1 Å². The van der Waals surface area contributed by atoms with Gasteiger partial charge >= 0.3 is 5.97 Å². The summed E-state index contributed by atoms with van der Waals surface area (Å²) in [5.74, 6) is 0.226. The Bertz CT molecular complexity index is 917. The molecular formula is C17H17ClN4O3. The molecule has 0 atom stereocenters. The van der Waals surface area contributed by atoms with Crippen molar-refractivity contribution in [3.63, 3.8) is 0 Å². The van der Waals surface area contributed by atoms with E-state index in [4.69, 9.17) is 20.9 Å². The highest BCUT2D eigenvalue weighted by Gasteiger charge is 2.23. The highest BCUT2D eigenvalue weighted by atomic mass is 35.5. The molecule has 1 aromatic carbocycles. The van der Waals surface area contributed by atoms with Gasteiger partial charge in [-0.2, -0.15) is 10.1 Å². The fourth-order valence-corrected chi connectivity index (χ4v) is 2.64. The van der Waals surface area contributed by atoms with Gasteiger partial charge in [0.1, 0.15) is 12.2 Å². The average molecular weight is 361 g/mol. The van der Waals surface area contributed by atoms with Crippen molar-refractivity contribution in [1.82, 2.24) is 19.9 Å². The number of nitrogens with zero attached hydrogens (tertiary/aromatic N) is 4. The summed E-state index contributed by atoms with van der Waals surface area (Å²) in [6.07, 6.45) is 0. The molecule has 7 nitrogen and oxygen atoms in total. The largest absolute Gasteiger partial charge is 0.465 e. The van der Waals surface area contributed by atoms with E-state index in [2.05, 4.69) is 15.2 Å². The number of halogens is 1. The summed E-state index contributed by atoms with van der Waals surface area (Å²) in [5.41, 5.74) is 2.89. The van der Waals surface area contributed by atoms with Crippen LogP contribution in [0.2, 0.25) is 5.02 Å². The Kier molecular flexibility index (Phi) is 4.85. The maximum Gasteiger partial charge on any atom is 0.327 e. The van der Waals surface area contributed by atoms with E-state index < -0.39 is 5.97 Å². The number of benzene rings is 1. The lowest BCUT2D eigenvalue weighted by Gasteiger charge is -2.04. The fourth-order valence-electron chi connectivity index (χ4n) is 2.43. The minimum Gasteiger partial charge on any atom is -0.465 e. The number of hydrogen-bond donors (Lipinski definition) is 0. The highest BCUT2D eigenvalue weighted by Crippen LogP contribution is 2.31. The van der Waals surface area contributed by atoms with Crippen molar-refractivity contribution in [3.05, 3.63) is 40.5 Å². The van der Waals surface area contributed by atoms with Crippen molar-refractivity contribution in [2.45, 2.75) is 27.3 Å². The zero-order chi connectivity index (χ0) is 18.0. The SMILES string of the molecule is CCOC(=O)Cn1nc(C)c(Cl)c1-c1nc(-c2cccc(C)c2)no1. The average Bonchev–Trinajstić information content (AvgIpc) is 3.13. The molecule has 0 N–H and O–H groups in total. The van der Waals surface area contributed by atoms with Gasteiger partial charge in [0, 0.05) is 5.56 Å². The molecule has 130 valence electrons. The van der Waals surface area contributed by atoms with E-state index in [1.807, 2.05) is 31.2 Å². The summed E-state index contributed by atoms with van der Waals surface area (Å²) in [6.45, 7) is 5.68. The molecule has 0 aliphatic carbocycles. The maximum atomic E-state index is 11.8. The molecule has 25 heavy (non-hydrogen) atoms. The summed E-state index contributed by atoms with van der Waals surface area (Å²) >= 11 is 6.33. The van der Waals surface area contributed by atoms with E-state index in [0.717, 1.165) is 11.1 Å². The van der Waals surface area contributed by atoms with Gasteiger partial charge in [-0.15, -0.1) is 0 Å². The molecule has 0 fully saturated rings. The van der Waals surface area contributed by atoms with E-state index in [1.54, 1.807) is 13.8 Å². The van der Waals surface area contributed by atoms with Crippen LogP contribution < -0.4 is 0 Å². The lowest BCUT2D eigenvalue weighted by molar-refractivity contribution is -0.144. The molecule has 3 rings (SSSR count). The van der Waals surface area contributed by atoms with Crippen molar-refractivity contribution in [2.24, 2.45) is 0 Å². The Balaban J connectivity index is 1.98.